The second kappa shape index (κ2) is 7.89. The largest absolute Gasteiger partial charge is 0.461 e. The molecule has 0 saturated carbocycles. The summed E-state index contributed by atoms with van der Waals surface area (Å²) in [6, 6.07) is 6.62. The Labute approximate surface area is 126 Å². The molecular formula is C13H14Cl2N2O3. The minimum Gasteiger partial charge on any atom is -0.461 e. The van der Waals surface area contributed by atoms with Crippen LogP contribution in [0.4, 0.5) is 0 Å². The molecule has 0 bridgehead atoms. The number of aromatic nitrogens is 2. The van der Waals surface area contributed by atoms with E-state index in [0.717, 1.165) is 7.11 Å². The van der Waals surface area contributed by atoms with Crippen LogP contribution in [0.15, 0.2) is 30.5 Å². The third-order valence-electron chi connectivity index (χ3n) is 2.23. The first-order chi connectivity index (χ1) is 9.61. The maximum absolute atomic E-state index is 11.5. The van der Waals surface area contributed by atoms with Gasteiger partial charge in [0.1, 0.15) is 0 Å². The van der Waals surface area contributed by atoms with Crippen LogP contribution in [0.1, 0.15) is 17.4 Å². The zero-order chi connectivity index (χ0) is 15.1. The van der Waals surface area contributed by atoms with Crippen molar-refractivity contribution in [2.75, 3.05) is 13.7 Å². The number of rotatable bonds is 3. The molecule has 0 atom stereocenters. The number of hydrogen-bond acceptors (Lipinski definition) is 4. The Hall–Kier alpha value is -1.56. The van der Waals surface area contributed by atoms with Gasteiger partial charge in [0.05, 0.1) is 17.3 Å². The number of halogens is 2. The van der Waals surface area contributed by atoms with Gasteiger partial charge in [0.25, 0.3) is 0 Å². The van der Waals surface area contributed by atoms with Crippen LogP contribution in [0.25, 0.3) is 5.69 Å². The van der Waals surface area contributed by atoms with Gasteiger partial charge in [-0.15, -0.1) is 0 Å². The van der Waals surface area contributed by atoms with E-state index in [1.165, 1.54) is 4.68 Å². The summed E-state index contributed by atoms with van der Waals surface area (Å²) >= 11 is 11.9. The highest BCUT2D eigenvalue weighted by Gasteiger charge is 2.12. The van der Waals surface area contributed by atoms with E-state index in [1.54, 1.807) is 37.4 Å². The zero-order valence-electron chi connectivity index (χ0n) is 11.0. The van der Waals surface area contributed by atoms with Crippen LogP contribution in [-0.2, 0) is 4.74 Å². The summed E-state index contributed by atoms with van der Waals surface area (Å²) in [5, 5.41) is 12.1. The molecule has 0 aliphatic rings. The zero-order valence-corrected chi connectivity index (χ0v) is 12.5. The highest BCUT2D eigenvalue weighted by Crippen LogP contribution is 2.23. The molecule has 0 aliphatic carbocycles. The molecule has 1 N–H and O–H groups in total. The predicted octanol–water partition coefficient (Wildman–Crippen LogP) is 2.96. The molecule has 0 unspecified atom stereocenters. The van der Waals surface area contributed by atoms with Crippen molar-refractivity contribution in [2.24, 2.45) is 0 Å². The monoisotopic (exact) mass is 316 g/mol. The van der Waals surface area contributed by atoms with Crippen LogP contribution in [0.5, 0.6) is 0 Å². The summed E-state index contributed by atoms with van der Waals surface area (Å²) < 4.78 is 6.36. The highest BCUT2D eigenvalue weighted by atomic mass is 35.5. The van der Waals surface area contributed by atoms with Crippen molar-refractivity contribution in [2.45, 2.75) is 6.92 Å². The molecule has 0 saturated heterocycles. The third kappa shape index (κ3) is 3.96. The van der Waals surface area contributed by atoms with Crippen LogP contribution in [-0.4, -0.2) is 34.6 Å². The Balaban J connectivity index is 0.000000956. The van der Waals surface area contributed by atoms with Gasteiger partial charge in [-0.05, 0) is 31.2 Å². The van der Waals surface area contributed by atoms with E-state index in [1.807, 2.05) is 0 Å². The molecule has 108 valence electrons. The number of hydrogen-bond donors (Lipinski definition) is 1. The Morgan fingerprint density at radius 2 is 2.05 bits per heavy atom. The van der Waals surface area contributed by atoms with Crippen molar-refractivity contribution in [3.8, 4) is 5.69 Å². The van der Waals surface area contributed by atoms with Gasteiger partial charge in [0.2, 0.25) is 0 Å². The lowest BCUT2D eigenvalue weighted by Crippen LogP contribution is -2.06. The summed E-state index contributed by atoms with van der Waals surface area (Å²) in [4.78, 5) is 11.5. The first-order valence-corrected chi connectivity index (χ1v) is 6.50. The van der Waals surface area contributed by atoms with Gasteiger partial charge < -0.3 is 9.84 Å². The molecule has 1 aromatic carbocycles. The lowest BCUT2D eigenvalue weighted by atomic mass is 10.3. The Kier molecular flexibility index (Phi) is 6.51. The fraction of sp³-hybridized carbons (Fsp3) is 0.231. The summed E-state index contributed by atoms with van der Waals surface area (Å²) in [6.07, 6.45) is 1.64. The molecule has 0 aliphatic heterocycles. The van der Waals surface area contributed by atoms with Crippen molar-refractivity contribution in [3.63, 3.8) is 0 Å². The van der Waals surface area contributed by atoms with Crippen molar-refractivity contribution >= 4 is 29.2 Å². The van der Waals surface area contributed by atoms with Crippen LogP contribution in [0.2, 0.25) is 10.0 Å². The van der Waals surface area contributed by atoms with E-state index < -0.39 is 5.97 Å². The smallest absolute Gasteiger partial charge is 0.358 e. The molecule has 2 rings (SSSR count). The molecule has 5 nitrogen and oxygen atoms in total. The molecule has 20 heavy (non-hydrogen) atoms. The Morgan fingerprint density at radius 1 is 1.35 bits per heavy atom. The van der Waals surface area contributed by atoms with Crippen LogP contribution in [0, 0.1) is 0 Å². The van der Waals surface area contributed by atoms with E-state index in [2.05, 4.69) is 5.10 Å². The van der Waals surface area contributed by atoms with E-state index in [0.29, 0.717) is 22.3 Å². The standard InChI is InChI=1S/C12H10Cl2N2O2.CH4O/c1-2-18-12(17)10-5-6-16(15-10)11-4-3-8(13)7-9(11)14;1-2/h3-7H,2H2,1H3;2H,1H3. The van der Waals surface area contributed by atoms with Gasteiger partial charge in [0.15, 0.2) is 5.69 Å². The number of carbonyl (C=O) groups excluding carboxylic acids is 1. The molecule has 2 aromatic rings. The molecule has 1 heterocycles. The highest BCUT2D eigenvalue weighted by molar-refractivity contribution is 6.35. The second-order valence-electron chi connectivity index (χ2n) is 3.46. The average Bonchev–Trinajstić information content (AvgIpc) is 2.91. The quantitative estimate of drug-likeness (QED) is 0.884. The van der Waals surface area contributed by atoms with Gasteiger partial charge in [-0.25, -0.2) is 9.48 Å². The molecule has 1 aromatic heterocycles. The van der Waals surface area contributed by atoms with E-state index in [4.69, 9.17) is 33.0 Å². The van der Waals surface area contributed by atoms with Crippen LogP contribution >= 0.6 is 23.2 Å². The van der Waals surface area contributed by atoms with Crippen LogP contribution < -0.4 is 0 Å². The topological polar surface area (TPSA) is 64.4 Å². The molecule has 0 fully saturated rings. The molecular weight excluding hydrogens is 303 g/mol. The fourth-order valence-electron chi connectivity index (χ4n) is 1.44. The van der Waals surface area contributed by atoms with Crippen LogP contribution in [0.3, 0.4) is 0 Å². The number of esters is 1. The minimum atomic E-state index is -0.457. The number of ether oxygens (including phenoxy) is 1. The second-order valence-corrected chi connectivity index (χ2v) is 4.31. The number of benzene rings is 1. The summed E-state index contributed by atoms with van der Waals surface area (Å²) in [7, 11) is 1.00. The number of aliphatic hydroxyl groups excluding tert-OH is 1. The lowest BCUT2D eigenvalue weighted by Gasteiger charge is -2.04. The third-order valence-corrected chi connectivity index (χ3v) is 2.77. The van der Waals surface area contributed by atoms with E-state index in [9.17, 15) is 4.79 Å². The van der Waals surface area contributed by atoms with Gasteiger partial charge in [-0.3, -0.25) is 0 Å². The van der Waals surface area contributed by atoms with Crippen molar-refractivity contribution in [1.29, 1.82) is 0 Å². The molecule has 7 heteroatoms. The fourth-order valence-corrected chi connectivity index (χ4v) is 1.93. The minimum absolute atomic E-state index is 0.239. The molecule has 0 amide bonds. The first-order valence-electron chi connectivity index (χ1n) is 5.74. The number of aliphatic hydroxyl groups is 1. The SMILES string of the molecule is CCOC(=O)c1ccn(-c2ccc(Cl)cc2Cl)n1.CO. The predicted molar refractivity (Wildman–Crippen MR) is 77.7 cm³/mol. The van der Waals surface area contributed by atoms with Gasteiger partial charge >= 0.3 is 5.97 Å². The molecule has 0 spiro atoms. The summed E-state index contributed by atoms with van der Waals surface area (Å²) in [6.45, 7) is 2.05. The summed E-state index contributed by atoms with van der Waals surface area (Å²) in [5.74, 6) is -0.457. The van der Waals surface area contributed by atoms with Crippen molar-refractivity contribution in [1.82, 2.24) is 9.78 Å². The van der Waals surface area contributed by atoms with Gasteiger partial charge in [-0.2, -0.15) is 5.10 Å². The average molecular weight is 317 g/mol. The Bertz CT molecular complexity index is 585. The van der Waals surface area contributed by atoms with Crippen molar-refractivity contribution in [3.05, 3.63) is 46.2 Å². The summed E-state index contributed by atoms with van der Waals surface area (Å²) in [5.41, 5.74) is 0.888. The first kappa shape index (κ1) is 16.5. The number of carbonyl (C=O) groups is 1. The van der Waals surface area contributed by atoms with E-state index >= 15 is 0 Å². The van der Waals surface area contributed by atoms with Gasteiger partial charge in [-0.1, -0.05) is 23.2 Å². The van der Waals surface area contributed by atoms with E-state index in [-0.39, 0.29) is 5.69 Å². The lowest BCUT2D eigenvalue weighted by molar-refractivity contribution is 0.0519. The van der Waals surface area contributed by atoms with Gasteiger partial charge in [0, 0.05) is 18.3 Å². The Morgan fingerprint density at radius 3 is 2.65 bits per heavy atom. The maximum Gasteiger partial charge on any atom is 0.358 e. The normalized spacial score (nSPS) is 9.65. The van der Waals surface area contributed by atoms with Crippen molar-refractivity contribution < 1.29 is 14.6 Å². The molecule has 0 radical (unpaired) electrons. The number of nitrogens with zero attached hydrogens (tertiary/aromatic N) is 2. The maximum atomic E-state index is 11.5.